The minimum Gasteiger partial charge on any atom is -0.310 e. The van der Waals surface area contributed by atoms with Crippen molar-refractivity contribution < 1.29 is 0 Å². The molecular weight excluding hydrogens is 532 g/mol. The molecule has 0 heterocycles. The Bertz CT molecular complexity index is 1700. The molecule has 0 aromatic heterocycles. The summed E-state index contributed by atoms with van der Waals surface area (Å²) in [7, 11) is 0. The van der Waals surface area contributed by atoms with Crippen LogP contribution >= 0.6 is 0 Å². The smallest absolute Gasteiger partial charge is 0.0519 e. The van der Waals surface area contributed by atoms with E-state index in [1.165, 1.54) is 55.9 Å². The Balaban J connectivity index is 1.36. The third-order valence-electron chi connectivity index (χ3n) is 8.49. The molecule has 0 fully saturated rings. The van der Waals surface area contributed by atoms with Crippen LogP contribution in [0.4, 0.5) is 34.1 Å². The number of hydrogen-bond donors (Lipinski definition) is 0. The van der Waals surface area contributed by atoms with Gasteiger partial charge in [0, 0.05) is 22.7 Å². The summed E-state index contributed by atoms with van der Waals surface area (Å²) in [4.78, 5) is 4.75. The van der Waals surface area contributed by atoms with Gasteiger partial charge in [0.2, 0.25) is 0 Å². The normalized spacial score (nSPS) is 11.0. The zero-order chi connectivity index (χ0) is 30.8. The first kappa shape index (κ1) is 29.0. The molecule has 6 aromatic carbocycles. The molecule has 0 spiro atoms. The van der Waals surface area contributed by atoms with Crippen LogP contribution in [0.15, 0.2) is 133 Å². The maximum atomic E-state index is 2.38. The van der Waals surface area contributed by atoms with Gasteiger partial charge in [-0.2, -0.15) is 0 Å². The van der Waals surface area contributed by atoms with E-state index in [0.717, 1.165) is 22.7 Å². The second-order valence-corrected chi connectivity index (χ2v) is 11.9. The van der Waals surface area contributed by atoms with E-state index in [2.05, 4.69) is 185 Å². The highest BCUT2D eigenvalue weighted by Crippen LogP contribution is 2.41. The molecule has 0 N–H and O–H groups in total. The Morgan fingerprint density at radius 2 is 0.545 bits per heavy atom. The number of aryl methyl sites for hydroxylation is 6. The van der Waals surface area contributed by atoms with Gasteiger partial charge in [0.1, 0.15) is 0 Å². The fourth-order valence-electron chi connectivity index (χ4n) is 6.12. The lowest BCUT2D eigenvalue weighted by molar-refractivity contribution is 1.21. The van der Waals surface area contributed by atoms with Crippen LogP contribution in [0, 0.1) is 41.5 Å². The Labute approximate surface area is 262 Å². The fourth-order valence-corrected chi connectivity index (χ4v) is 6.12. The second-order valence-electron chi connectivity index (χ2n) is 11.9. The van der Waals surface area contributed by atoms with E-state index in [-0.39, 0.29) is 0 Å². The van der Waals surface area contributed by atoms with Crippen LogP contribution in [-0.2, 0) is 0 Å². The minimum atomic E-state index is 1.15. The van der Waals surface area contributed by atoms with Crippen LogP contribution in [0.5, 0.6) is 0 Å². The highest BCUT2D eigenvalue weighted by atomic mass is 15.2. The van der Waals surface area contributed by atoms with Crippen molar-refractivity contribution in [1.82, 2.24) is 0 Å². The molecule has 0 saturated carbocycles. The number of benzene rings is 6. The zero-order valence-corrected chi connectivity index (χ0v) is 26.6. The number of rotatable bonds is 7. The van der Waals surface area contributed by atoms with E-state index in [1.54, 1.807) is 0 Å². The van der Waals surface area contributed by atoms with Gasteiger partial charge in [-0.25, -0.2) is 0 Å². The van der Waals surface area contributed by atoms with Gasteiger partial charge in [-0.15, -0.1) is 0 Å². The summed E-state index contributed by atoms with van der Waals surface area (Å²) in [5, 5.41) is 0. The number of nitrogens with zero attached hydrogens (tertiary/aromatic N) is 2. The van der Waals surface area contributed by atoms with Crippen molar-refractivity contribution in [2.24, 2.45) is 0 Å². The molecular formula is C42H40N2. The molecule has 0 aliphatic rings. The minimum absolute atomic E-state index is 1.15. The van der Waals surface area contributed by atoms with Gasteiger partial charge in [-0.3, -0.25) is 0 Å². The lowest BCUT2D eigenvalue weighted by Crippen LogP contribution is -2.13. The van der Waals surface area contributed by atoms with Gasteiger partial charge in [0.25, 0.3) is 0 Å². The Hall–Kier alpha value is -5.08. The van der Waals surface area contributed by atoms with E-state index in [4.69, 9.17) is 0 Å². The van der Waals surface area contributed by atoms with Crippen LogP contribution in [0.1, 0.15) is 33.4 Å². The third kappa shape index (κ3) is 5.76. The maximum absolute atomic E-state index is 2.38. The predicted molar refractivity (Wildman–Crippen MR) is 190 cm³/mol. The topological polar surface area (TPSA) is 6.48 Å². The molecule has 218 valence electrons. The van der Waals surface area contributed by atoms with Crippen molar-refractivity contribution in [2.45, 2.75) is 41.5 Å². The highest BCUT2D eigenvalue weighted by Gasteiger charge is 2.18. The first-order valence-electron chi connectivity index (χ1n) is 15.4. The summed E-state index contributed by atoms with van der Waals surface area (Å²) in [6.45, 7) is 13.0. The molecule has 0 radical (unpaired) electrons. The summed E-state index contributed by atoms with van der Waals surface area (Å²) in [5.74, 6) is 0. The van der Waals surface area contributed by atoms with E-state index in [9.17, 15) is 0 Å². The molecule has 0 bridgehead atoms. The second kappa shape index (κ2) is 12.3. The molecule has 0 unspecified atom stereocenters. The molecule has 0 amide bonds. The summed E-state index contributed by atoms with van der Waals surface area (Å²) >= 11 is 0. The van der Waals surface area contributed by atoms with Crippen molar-refractivity contribution >= 4 is 34.1 Å². The van der Waals surface area contributed by atoms with E-state index in [0.29, 0.717) is 0 Å². The summed E-state index contributed by atoms with van der Waals surface area (Å²) in [5.41, 5.74) is 17.0. The van der Waals surface area contributed by atoms with Crippen LogP contribution in [0.2, 0.25) is 0 Å². The van der Waals surface area contributed by atoms with Gasteiger partial charge < -0.3 is 9.80 Å². The first-order chi connectivity index (χ1) is 21.3. The van der Waals surface area contributed by atoms with Gasteiger partial charge in [0.05, 0.1) is 11.4 Å². The Morgan fingerprint density at radius 1 is 0.295 bits per heavy atom. The monoisotopic (exact) mass is 572 g/mol. The van der Waals surface area contributed by atoms with Crippen LogP contribution < -0.4 is 9.80 Å². The summed E-state index contributed by atoms with van der Waals surface area (Å²) < 4.78 is 0. The Kier molecular flexibility index (Phi) is 8.09. The average Bonchev–Trinajstić information content (AvgIpc) is 3.03. The SMILES string of the molecule is Cc1ccc(N(c2ccc(-c3ccc(N(c4ccc(C)cc4)c4c(C)cccc4C)cc3)cc2)c2c(C)cccc2C)cc1. The first-order valence-corrected chi connectivity index (χ1v) is 15.4. The molecule has 6 rings (SSSR count). The maximum Gasteiger partial charge on any atom is 0.0519 e. The Morgan fingerprint density at radius 3 is 0.818 bits per heavy atom. The van der Waals surface area contributed by atoms with Gasteiger partial charge in [-0.1, -0.05) is 96.1 Å². The largest absolute Gasteiger partial charge is 0.310 e. The molecule has 2 heteroatoms. The van der Waals surface area contributed by atoms with E-state index < -0.39 is 0 Å². The van der Waals surface area contributed by atoms with Crippen molar-refractivity contribution in [3.63, 3.8) is 0 Å². The number of hydrogen-bond acceptors (Lipinski definition) is 2. The van der Waals surface area contributed by atoms with E-state index in [1.807, 2.05) is 0 Å². The standard InChI is InChI=1S/C42H40N2/c1-29-13-21-37(22-14-29)43(41-31(3)9-7-10-32(41)4)39-25-17-35(18-26-39)36-19-27-40(28-20-36)44(38-23-15-30(2)16-24-38)42-33(5)11-8-12-34(42)6/h7-28H,1-6H3. The average molecular weight is 573 g/mol. The van der Waals surface area contributed by atoms with Crippen molar-refractivity contribution in [2.75, 3.05) is 9.80 Å². The predicted octanol–water partition coefficient (Wildman–Crippen LogP) is 12.1. The molecule has 2 nitrogen and oxygen atoms in total. The van der Waals surface area contributed by atoms with Gasteiger partial charge in [0.15, 0.2) is 0 Å². The molecule has 0 saturated heterocycles. The molecule has 0 aliphatic heterocycles. The fraction of sp³-hybridized carbons (Fsp3) is 0.143. The van der Waals surface area contributed by atoms with Gasteiger partial charge in [-0.05, 0) is 123 Å². The van der Waals surface area contributed by atoms with Crippen molar-refractivity contribution in [3.8, 4) is 11.1 Å². The van der Waals surface area contributed by atoms with Crippen LogP contribution in [0.25, 0.3) is 11.1 Å². The third-order valence-corrected chi connectivity index (χ3v) is 8.49. The van der Waals surface area contributed by atoms with Crippen molar-refractivity contribution in [1.29, 1.82) is 0 Å². The van der Waals surface area contributed by atoms with Crippen LogP contribution in [-0.4, -0.2) is 0 Å². The van der Waals surface area contributed by atoms with E-state index >= 15 is 0 Å². The molecule has 44 heavy (non-hydrogen) atoms. The lowest BCUT2D eigenvalue weighted by atomic mass is 10.0. The number of anilines is 6. The van der Waals surface area contributed by atoms with Gasteiger partial charge >= 0.3 is 0 Å². The lowest BCUT2D eigenvalue weighted by Gasteiger charge is -2.29. The summed E-state index contributed by atoms with van der Waals surface area (Å²) in [6, 6.07) is 48.5. The van der Waals surface area contributed by atoms with Crippen LogP contribution in [0.3, 0.4) is 0 Å². The van der Waals surface area contributed by atoms with Crippen molar-refractivity contribution in [3.05, 3.63) is 167 Å². The molecule has 6 aromatic rings. The molecule has 0 aliphatic carbocycles. The summed E-state index contributed by atoms with van der Waals surface area (Å²) in [6.07, 6.45) is 0. The highest BCUT2D eigenvalue weighted by molar-refractivity contribution is 5.83. The quantitative estimate of drug-likeness (QED) is 0.188. The molecule has 0 atom stereocenters. The zero-order valence-electron chi connectivity index (χ0n) is 26.6. The number of para-hydroxylation sites is 2.